The van der Waals surface area contributed by atoms with E-state index in [0.717, 1.165) is 0 Å². The van der Waals surface area contributed by atoms with Crippen LogP contribution in [-0.4, -0.2) is 0 Å². The van der Waals surface area contributed by atoms with Crippen molar-refractivity contribution in [2.75, 3.05) is 0 Å². The van der Waals surface area contributed by atoms with Gasteiger partial charge in [0.1, 0.15) is 5.75 Å². The van der Waals surface area contributed by atoms with Crippen LogP contribution in [0.3, 0.4) is 0 Å². The SMILES string of the molecule is [C-]#[N+]c1ccccc1OP. The highest BCUT2D eigenvalue weighted by Gasteiger charge is 1.97. The Morgan fingerprint density at radius 3 is 2.60 bits per heavy atom. The van der Waals surface area contributed by atoms with E-state index >= 15 is 0 Å². The van der Waals surface area contributed by atoms with Gasteiger partial charge in [0.2, 0.25) is 5.69 Å². The largest absolute Gasteiger partial charge is 0.491 e. The van der Waals surface area contributed by atoms with Gasteiger partial charge < -0.3 is 4.52 Å². The first-order valence-electron chi connectivity index (χ1n) is 2.71. The molecule has 10 heavy (non-hydrogen) atoms. The van der Waals surface area contributed by atoms with Crippen LogP contribution < -0.4 is 4.52 Å². The minimum absolute atomic E-state index is 0.539. The number of nitrogens with zero attached hydrogens (tertiary/aromatic N) is 1. The van der Waals surface area contributed by atoms with E-state index in [9.17, 15) is 0 Å². The molecule has 0 heterocycles. The predicted octanol–water partition coefficient (Wildman–Crippen LogP) is 2.41. The van der Waals surface area contributed by atoms with E-state index in [1.54, 1.807) is 18.2 Å². The van der Waals surface area contributed by atoms with Crippen LogP contribution in [0.1, 0.15) is 0 Å². The van der Waals surface area contributed by atoms with Crippen LogP contribution in [0.2, 0.25) is 0 Å². The van der Waals surface area contributed by atoms with Crippen LogP contribution >= 0.6 is 9.47 Å². The van der Waals surface area contributed by atoms with Crippen molar-refractivity contribution < 1.29 is 4.52 Å². The topological polar surface area (TPSA) is 13.6 Å². The maximum atomic E-state index is 6.72. The van der Waals surface area contributed by atoms with Crippen LogP contribution in [0.25, 0.3) is 4.85 Å². The molecule has 0 aliphatic heterocycles. The van der Waals surface area contributed by atoms with Gasteiger partial charge in [0.25, 0.3) is 0 Å². The summed E-state index contributed by atoms with van der Waals surface area (Å²) in [5, 5.41) is 0. The molecular formula is C7H6NOP. The molecule has 1 atom stereocenters. The minimum atomic E-state index is 0.539. The normalized spacial score (nSPS) is 8.40. The van der Waals surface area contributed by atoms with Crippen molar-refractivity contribution in [3.63, 3.8) is 0 Å². The molecular weight excluding hydrogens is 145 g/mol. The van der Waals surface area contributed by atoms with Crippen molar-refractivity contribution in [2.24, 2.45) is 0 Å². The molecule has 0 radical (unpaired) electrons. The van der Waals surface area contributed by atoms with Crippen LogP contribution in [-0.2, 0) is 0 Å². The summed E-state index contributed by atoms with van der Waals surface area (Å²) in [7, 11) is 2.11. The molecule has 0 fully saturated rings. The van der Waals surface area contributed by atoms with Gasteiger partial charge in [-0.25, -0.2) is 4.85 Å². The first-order chi connectivity index (χ1) is 4.88. The van der Waals surface area contributed by atoms with Crippen molar-refractivity contribution >= 4 is 15.2 Å². The second kappa shape index (κ2) is 3.20. The summed E-state index contributed by atoms with van der Waals surface area (Å²) in [5.41, 5.74) is 0.539. The Labute approximate surface area is 61.9 Å². The van der Waals surface area contributed by atoms with Gasteiger partial charge >= 0.3 is 0 Å². The molecule has 2 nitrogen and oxygen atoms in total. The molecule has 1 aromatic rings. The third-order valence-electron chi connectivity index (χ3n) is 1.11. The average Bonchev–Trinajstić information content (AvgIpc) is 2.04. The molecule has 0 saturated heterocycles. The van der Waals surface area contributed by atoms with Crippen molar-refractivity contribution in [3.05, 3.63) is 35.7 Å². The number of benzene rings is 1. The van der Waals surface area contributed by atoms with Crippen molar-refractivity contribution in [3.8, 4) is 5.75 Å². The first kappa shape index (κ1) is 7.05. The quantitative estimate of drug-likeness (QED) is 0.443. The van der Waals surface area contributed by atoms with Gasteiger partial charge in [-0.2, -0.15) is 0 Å². The highest BCUT2D eigenvalue weighted by Crippen LogP contribution is 2.27. The predicted molar refractivity (Wildman–Crippen MR) is 43.0 cm³/mol. The van der Waals surface area contributed by atoms with Crippen LogP contribution in [0, 0.1) is 6.57 Å². The smallest absolute Gasteiger partial charge is 0.228 e. The highest BCUT2D eigenvalue weighted by molar-refractivity contribution is 7.10. The van der Waals surface area contributed by atoms with Crippen LogP contribution in [0.4, 0.5) is 5.69 Å². The lowest BCUT2D eigenvalue weighted by atomic mass is 10.3. The fourth-order valence-corrected chi connectivity index (χ4v) is 0.849. The third-order valence-corrected chi connectivity index (χ3v) is 1.37. The van der Waals surface area contributed by atoms with Gasteiger partial charge in [0.05, 0.1) is 16.0 Å². The lowest BCUT2D eigenvalue weighted by Crippen LogP contribution is -1.71. The summed E-state index contributed by atoms with van der Waals surface area (Å²) >= 11 is 0. The molecule has 1 aromatic carbocycles. The molecule has 50 valence electrons. The lowest BCUT2D eigenvalue weighted by Gasteiger charge is -1.98. The monoisotopic (exact) mass is 151 g/mol. The van der Waals surface area contributed by atoms with Gasteiger partial charge in [0, 0.05) is 0 Å². The van der Waals surface area contributed by atoms with Crippen molar-refractivity contribution in [2.45, 2.75) is 0 Å². The molecule has 1 rings (SSSR count). The van der Waals surface area contributed by atoms with E-state index in [1.807, 2.05) is 6.07 Å². The maximum absolute atomic E-state index is 6.72. The maximum Gasteiger partial charge on any atom is 0.228 e. The molecule has 0 aliphatic carbocycles. The fourth-order valence-electron chi connectivity index (χ4n) is 0.649. The van der Waals surface area contributed by atoms with E-state index in [0.29, 0.717) is 11.4 Å². The average molecular weight is 151 g/mol. The molecule has 0 bridgehead atoms. The van der Waals surface area contributed by atoms with Gasteiger partial charge in [-0.3, -0.25) is 0 Å². The lowest BCUT2D eigenvalue weighted by molar-refractivity contribution is 0.650. The van der Waals surface area contributed by atoms with E-state index in [2.05, 4.69) is 14.3 Å². The van der Waals surface area contributed by atoms with Gasteiger partial charge in [0.15, 0.2) is 0 Å². The van der Waals surface area contributed by atoms with E-state index in [4.69, 9.17) is 11.1 Å². The van der Waals surface area contributed by atoms with Gasteiger partial charge in [-0.05, 0) is 6.07 Å². The Bertz CT molecular complexity index is 267. The third kappa shape index (κ3) is 1.26. The highest BCUT2D eigenvalue weighted by atomic mass is 31.0. The second-order valence-corrected chi connectivity index (χ2v) is 1.93. The van der Waals surface area contributed by atoms with E-state index in [1.165, 1.54) is 0 Å². The number of para-hydroxylation sites is 2. The Kier molecular flexibility index (Phi) is 2.25. The summed E-state index contributed by atoms with van der Waals surface area (Å²) < 4.78 is 4.84. The summed E-state index contributed by atoms with van der Waals surface area (Å²) in [6.45, 7) is 6.72. The van der Waals surface area contributed by atoms with Crippen LogP contribution in [0.5, 0.6) is 5.75 Å². The van der Waals surface area contributed by atoms with Crippen molar-refractivity contribution in [1.82, 2.24) is 0 Å². The second-order valence-electron chi connectivity index (χ2n) is 1.70. The molecule has 0 N–H and O–H groups in total. The van der Waals surface area contributed by atoms with Gasteiger partial charge in [-0.1, -0.05) is 18.2 Å². The summed E-state index contributed by atoms with van der Waals surface area (Å²) in [4.78, 5) is 3.25. The molecule has 0 aromatic heterocycles. The Balaban J connectivity index is 3.12. The van der Waals surface area contributed by atoms with Crippen molar-refractivity contribution in [1.29, 1.82) is 0 Å². The standard InChI is InChI=1S/C7H6NOP/c1-8-6-4-2-3-5-7(6)9-10/h2-5H,10H2. The molecule has 0 saturated carbocycles. The summed E-state index contributed by atoms with van der Waals surface area (Å²) in [6, 6.07) is 7.10. The first-order valence-corrected chi connectivity index (χ1v) is 3.19. The Hall–Kier alpha value is -1.06. The number of rotatable bonds is 1. The van der Waals surface area contributed by atoms with Crippen LogP contribution in [0.15, 0.2) is 24.3 Å². The summed E-state index contributed by atoms with van der Waals surface area (Å²) in [5.74, 6) is 0.600. The van der Waals surface area contributed by atoms with Gasteiger partial charge in [-0.15, -0.1) is 0 Å². The Morgan fingerprint density at radius 2 is 2.10 bits per heavy atom. The minimum Gasteiger partial charge on any atom is -0.491 e. The van der Waals surface area contributed by atoms with E-state index < -0.39 is 0 Å². The fraction of sp³-hybridized carbons (Fsp3) is 0. The molecule has 0 spiro atoms. The number of hydrogen-bond acceptors (Lipinski definition) is 1. The molecule has 0 amide bonds. The zero-order chi connectivity index (χ0) is 7.40. The zero-order valence-corrected chi connectivity index (χ0v) is 6.40. The summed E-state index contributed by atoms with van der Waals surface area (Å²) in [6.07, 6.45) is 0. The molecule has 3 heteroatoms. The van der Waals surface area contributed by atoms with E-state index in [-0.39, 0.29) is 0 Å². The molecule has 0 aliphatic rings. The number of hydrogen-bond donors (Lipinski definition) is 0. The zero-order valence-electron chi connectivity index (χ0n) is 5.24. The Morgan fingerprint density at radius 1 is 1.40 bits per heavy atom. The molecule has 1 unspecified atom stereocenters.